The number of quaternary nitrogens is 1. The van der Waals surface area contributed by atoms with Crippen LogP contribution in [0.4, 0.5) is 0 Å². The van der Waals surface area contributed by atoms with Crippen molar-refractivity contribution in [1.29, 1.82) is 0 Å². The highest BCUT2D eigenvalue weighted by Gasteiger charge is 2.22. The number of ether oxygens (including phenoxy) is 4. The summed E-state index contributed by atoms with van der Waals surface area (Å²) in [6.45, 7) is 4.59. The molecule has 9 nitrogen and oxygen atoms in total. The van der Waals surface area contributed by atoms with Crippen molar-refractivity contribution in [1.82, 2.24) is 0 Å². The van der Waals surface area contributed by atoms with E-state index in [4.69, 9.17) is 18.9 Å². The first-order valence-corrected chi connectivity index (χ1v) is 29.4. The fourth-order valence-corrected chi connectivity index (χ4v) is 7.80. The third-order valence-electron chi connectivity index (χ3n) is 12.3. The number of hydrogen-bond acceptors (Lipinski definition) is 8. The smallest absolute Gasteiger partial charge is 0.306 e. The molecule has 73 heavy (non-hydrogen) atoms. The first-order chi connectivity index (χ1) is 35.6. The molecule has 0 N–H and O–H groups in total. The number of unbranched alkanes of at least 4 members (excludes halogenated alkanes) is 22. The molecule has 0 amide bonds. The molecule has 0 rings (SSSR count). The van der Waals surface area contributed by atoms with E-state index < -0.39 is 24.3 Å². The molecule has 0 aromatic rings. The molecule has 2 atom stereocenters. The molecule has 418 valence electrons. The molecule has 0 spiro atoms. The van der Waals surface area contributed by atoms with E-state index in [1.54, 1.807) is 0 Å². The molecule has 0 saturated carbocycles. The van der Waals surface area contributed by atoms with Gasteiger partial charge in [-0.2, -0.15) is 0 Å². The molecule has 0 aliphatic rings. The Morgan fingerprint density at radius 1 is 0.425 bits per heavy atom. The normalized spacial score (nSPS) is 13.5. The number of rotatable bonds is 53. The average molecular weight is 1020 g/mol. The van der Waals surface area contributed by atoms with Crippen molar-refractivity contribution < 1.29 is 42.9 Å². The van der Waals surface area contributed by atoms with E-state index >= 15 is 0 Å². The number of carbonyl (C=O) groups excluding carboxylic acids is 3. The maximum atomic E-state index is 12.9. The van der Waals surface area contributed by atoms with Crippen LogP contribution in [0.25, 0.3) is 0 Å². The van der Waals surface area contributed by atoms with Crippen molar-refractivity contribution in [2.75, 3.05) is 47.5 Å². The molecular formula is C64H109NO8. The minimum Gasteiger partial charge on any atom is -0.545 e. The summed E-state index contributed by atoms with van der Waals surface area (Å²) in [5.41, 5.74) is 0. The van der Waals surface area contributed by atoms with E-state index in [1.807, 2.05) is 21.1 Å². The number of carboxylic acid groups (broad SMARTS) is 1. The summed E-state index contributed by atoms with van der Waals surface area (Å²) in [6.07, 6.45) is 70.3. The van der Waals surface area contributed by atoms with E-state index in [1.165, 1.54) is 96.3 Å². The van der Waals surface area contributed by atoms with Crippen LogP contribution >= 0.6 is 0 Å². The first kappa shape index (κ1) is 69.2. The van der Waals surface area contributed by atoms with Gasteiger partial charge in [0.25, 0.3) is 0 Å². The minimum absolute atomic E-state index is 0.142. The van der Waals surface area contributed by atoms with Crippen molar-refractivity contribution in [2.45, 2.75) is 245 Å². The molecule has 0 aliphatic carbocycles. The van der Waals surface area contributed by atoms with E-state index in [0.29, 0.717) is 17.4 Å². The highest BCUT2D eigenvalue weighted by molar-refractivity contribution is 5.70. The van der Waals surface area contributed by atoms with Gasteiger partial charge in [0.1, 0.15) is 13.2 Å². The number of aliphatic carboxylic acids is 1. The van der Waals surface area contributed by atoms with E-state index in [0.717, 1.165) is 103 Å². The van der Waals surface area contributed by atoms with E-state index in [-0.39, 0.29) is 38.6 Å². The number of likely N-dealkylation sites (N-methyl/N-ethyl adjacent to an activating group) is 1. The van der Waals surface area contributed by atoms with Crippen LogP contribution in [0.15, 0.2) is 97.2 Å². The summed E-state index contributed by atoms with van der Waals surface area (Å²) in [7, 11) is 5.91. The summed E-state index contributed by atoms with van der Waals surface area (Å²) in [6, 6.07) is 0. The summed E-state index contributed by atoms with van der Waals surface area (Å²) >= 11 is 0. The van der Waals surface area contributed by atoms with Crippen molar-refractivity contribution in [3.05, 3.63) is 97.2 Å². The number of carbonyl (C=O) groups is 3. The molecule has 0 aromatic carbocycles. The maximum Gasteiger partial charge on any atom is 0.306 e. The molecule has 2 unspecified atom stereocenters. The lowest BCUT2D eigenvalue weighted by atomic mass is 10.0. The zero-order chi connectivity index (χ0) is 53.4. The van der Waals surface area contributed by atoms with Crippen molar-refractivity contribution in [3.8, 4) is 0 Å². The molecule has 0 heterocycles. The molecule has 0 bridgehead atoms. The number of hydrogen-bond donors (Lipinski definition) is 0. The lowest BCUT2D eigenvalue weighted by molar-refractivity contribution is -0.870. The number of carboxylic acids is 1. The van der Waals surface area contributed by atoms with Crippen molar-refractivity contribution >= 4 is 17.9 Å². The molecule has 0 aliphatic heterocycles. The zero-order valence-electron chi connectivity index (χ0n) is 47.5. The number of nitrogens with zero attached hydrogens (tertiary/aromatic N) is 1. The molecule has 0 radical (unpaired) electrons. The largest absolute Gasteiger partial charge is 0.545 e. The van der Waals surface area contributed by atoms with Gasteiger partial charge in [-0.25, -0.2) is 0 Å². The Kier molecular flexibility index (Phi) is 51.6. The lowest BCUT2D eigenvalue weighted by Crippen LogP contribution is -2.44. The Bertz CT molecular complexity index is 1520. The Morgan fingerprint density at radius 3 is 1.16 bits per heavy atom. The van der Waals surface area contributed by atoms with Crippen LogP contribution in [0.1, 0.15) is 232 Å². The van der Waals surface area contributed by atoms with Gasteiger partial charge >= 0.3 is 11.9 Å². The third kappa shape index (κ3) is 55.8. The van der Waals surface area contributed by atoms with Gasteiger partial charge in [-0.05, 0) is 96.3 Å². The predicted molar refractivity (Wildman–Crippen MR) is 306 cm³/mol. The summed E-state index contributed by atoms with van der Waals surface area (Å²) < 4.78 is 22.7. The summed E-state index contributed by atoms with van der Waals surface area (Å²) in [5, 5.41) is 11.8. The van der Waals surface area contributed by atoms with Gasteiger partial charge in [0.15, 0.2) is 12.4 Å². The van der Waals surface area contributed by atoms with Crippen molar-refractivity contribution in [3.63, 3.8) is 0 Å². The van der Waals surface area contributed by atoms with Crippen molar-refractivity contribution in [2.24, 2.45) is 0 Å². The van der Waals surface area contributed by atoms with Crippen LogP contribution in [0.2, 0.25) is 0 Å². The van der Waals surface area contributed by atoms with E-state index in [2.05, 4.69) is 111 Å². The minimum atomic E-state index is -1.63. The Morgan fingerprint density at radius 2 is 0.781 bits per heavy atom. The van der Waals surface area contributed by atoms with Gasteiger partial charge < -0.3 is 33.3 Å². The van der Waals surface area contributed by atoms with E-state index in [9.17, 15) is 19.5 Å². The third-order valence-corrected chi connectivity index (χ3v) is 12.3. The van der Waals surface area contributed by atoms with Gasteiger partial charge in [0.05, 0.1) is 40.3 Å². The topological polar surface area (TPSA) is 111 Å². The van der Waals surface area contributed by atoms with Crippen LogP contribution in [0.5, 0.6) is 0 Å². The van der Waals surface area contributed by atoms with Gasteiger partial charge in [0.2, 0.25) is 0 Å². The molecule has 0 saturated heterocycles. The van der Waals surface area contributed by atoms with Crippen LogP contribution in [-0.4, -0.2) is 82.3 Å². The Labute approximate surface area is 448 Å². The summed E-state index contributed by atoms with van der Waals surface area (Å²) in [4.78, 5) is 37.2. The standard InChI is InChI=1S/C64H109NO8/c1-6-8-10-12-14-16-18-20-22-23-24-25-26-27-28-29-30-31-32-33-34-35-36-37-38-39-41-43-45-47-49-51-53-55-62(67)73-60(59-72-64(63(68)69)70-57-56-65(3,4)5)58-71-61(66)54-52-50-48-46-44-42-40-21-19-17-15-13-11-9-7-2/h8,10,14-17,20-22,24-25,27-28,30-31,40,60,64H,6-7,9,11-13,18-19,23,26,29,32-39,41-59H2,1-5H3/b10-8-,16-14-,17-15-,22-20-,25-24-,28-27-,31-30-,40-21-. The van der Waals surface area contributed by atoms with Crippen LogP contribution < -0.4 is 5.11 Å². The highest BCUT2D eigenvalue weighted by Crippen LogP contribution is 2.15. The van der Waals surface area contributed by atoms with Gasteiger partial charge in [-0.15, -0.1) is 0 Å². The highest BCUT2D eigenvalue weighted by atomic mass is 16.7. The average Bonchev–Trinajstić information content (AvgIpc) is 3.36. The molecule has 9 heteroatoms. The van der Waals surface area contributed by atoms with Crippen LogP contribution in [0, 0.1) is 0 Å². The Hall–Kier alpha value is -3.79. The Balaban J connectivity index is 4.17. The lowest BCUT2D eigenvalue weighted by Gasteiger charge is -2.26. The summed E-state index contributed by atoms with van der Waals surface area (Å²) in [5.74, 6) is -2.31. The molecule has 0 fully saturated rings. The number of allylic oxidation sites excluding steroid dienone is 16. The maximum absolute atomic E-state index is 12.9. The van der Waals surface area contributed by atoms with Crippen LogP contribution in [0.3, 0.4) is 0 Å². The molecular weight excluding hydrogens is 911 g/mol. The first-order valence-electron chi connectivity index (χ1n) is 29.4. The fourth-order valence-electron chi connectivity index (χ4n) is 7.80. The van der Waals surface area contributed by atoms with Crippen LogP contribution in [-0.2, 0) is 33.3 Å². The zero-order valence-corrected chi connectivity index (χ0v) is 47.5. The SMILES string of the molecule is CC/C=C\C/C=C\C/C=C\C/C=C\C/C=C\C/C=C\CCCCCCCCCCCCCCCCC(=O)OC(COC(=O)CCCCCCC/C=C\C/C=C\CCCCC)COC(OCC[N+](C)(C)C)C(=O)[O-]. The predicted octanol–water partition coefficient (Wildman–Crippen LogP) is 16.0. The van der Waals surface area contributed by atoms with Gasteiger partial charge in [-0.3, -0.25) is 9.59 Å². The second kappa shape index (κ2) is 54.5. The quantitative estimate of drug-likeness (QED) is 0.0195. The second-order valence-corrected chi connectivity index (χ2v) is 20.5. The monoisotopic (exact) mass is 1020 g/mol. The number of esters is 2. The van der Waals surface area contributed by atoms with Gasteiger partial charge in [-0.1, -0.05) is 220 Å². The molecule has 0 aromatic heterocycles. The second-order valence-electron chi connectivity index (χ2n) is 20.5. The van der Waals surface area contributed by atoms with Gasteiger partial charge in [0, 0.05) is 12.8 Å². The fraction of sp³-hybridized carbons (Fsp3) is 0.703.